The molecule has 2 aliphatic heterocycles. The van der Waals surface area contributed by atoms with Gasteiger partial charge in [0.2, 0.25) is 0 Å². The van der Waals surface area contributed by atoms with Gasteiger partial charge < -0.3 is 4.74 Å². The van der Waals surface area contributed by atoms with Crippen molar-refractivity contribution in [2.75, 3.05) is 19.7 Å². The third-order valence-corrected chi connectivity index (χ3v) is 4.47. The van der Waals surface area contributed by atoms with Crippen LogP contribution in [0.4, 0.5) is 4.39 Å². The van der Waals surface area contributed by atoms with Gasteiger partial charge in [-0.3, -0.25) is 14.9 Å². The van der Waals surface area contributed by atoms with Crippen molar-refractivity contribution in [2.45, 2.75) is 38.3 Å². The van der Waals surface area contributed by atoms with Gasteiger partial charge in [-0.1, -0.05) is 0 Å². The average Bonchev–Trinajstić information content (AvgIpc) is 2.55. The predicted octanol–water partition coefficient (Wildman–Crippen LogP) is 1.87. The number of benzene rings is 1. The van der Waals surface area contributed by atoms with Crippen LogP contribution in [0.1, 0.15) is 40.7 Å². The smallest absolute Gasteiger partial charge is 0.274 e. The van der Waals surface area contributed by atoms with Crippen LogP contribution < -0.4 is 5.48 Å². The van der Waals surface area contributed by atoms with Crippen LogP contribution in [0.5, 0.6) is 0 Å². The summed E-state index contributed by atoms with van der Waals surface area (Å²) in [5.74, 6) is -1.06. The quantitative estimate of drug-likeness (QED) is 0.661. The van der Waals surface area contributed by atoms with Crippen LogP contribution in [0.3, 0.4) is 0 Å². The van der Waals surface area contributed by atoms with Gasteiger partial charge in [-0.15, -0.1) is 0 Å². The molecule has 1 fully saturated rings. The molecule has 2 N–H and O–H groups in total. The van der Waals surface area contributed by atoms with Gasteiger partial charge in [0, 0.05) is 37.4 Å². The fourth-order valence-electron chi connectivity index (χ4n) is 3.27. The summed E-state index contributed by atoms with van der Waals surface area (Å²) in [5.41, 5.74) is 3.20. The topological polar surface area (TPSA) is 61.8 Å². The predicted molar refractivity (Wildman–Crippen MR) is 78.2 cm³/mol. The SMILES string of the molecule is O=C(NO)c1cc(F)c2c(c1)CCN(CC1CCCCO1)C2. The summed E-state index contributed by atoms with van der Waals surface area (Å²) < 4.78 is 20.0. The Labute approximate surface area is 129 Å². The fraction of sp³-hybridized carbons (Fsp3) is 0.562. The van der Waals surface area contributed by atoms with E-state index >= 15 is 0 Å². The number of nitrogens with zero attached hydrogens (tertiary/aromatic N) is 1. The summed E-state index contributed by atoms with van der Waals surface area (Å²) >= 11 is 0. The van der Waals surface area contributed by atoms with Gasteiger partial charge in [0.05, 0.1) is 6.10 Å². The molecule has 3 rings (SSSR count). The molecule has 120 valence electrons. The van der Waals surface area contributed by atoms with Crippen molar-refractivity contribution in [3.8, 4) is 0 Å². The number of ether oxygens (including phenoxy) is 1. The Balaban J connectivity index is 1.71. The highest BCUT2D eigenvalue weighted by molar-refractivity contribution is 5.93. The first-order valence-electron chi connectivity index (χ1n) is 7.77. The molecule has 0 aliphatic carbocycles. The molecule has 0 saturated carbocycles. The van der Waals surface area contributed by atoms with Crippen LogP contribution >= 0.6 is 0 Å². The van der Waals surface area contributed by atoms with E-state index in [2.05, 4.69) is 4.90 Å². The number of carbonyl (C=O) groups is 1. The number of hydrogen-bond acceptors (Lipinski definition) is 4. The first-order valence-corrected chi connectivity index (χ1v) is 7.77. The second kappa shape index (κ2) is 6.73. The molecule has 5 nitrogen and oxygen atoms in total. The van der Waals surface area contributed by atoms with Gasteiger partial charge in [0.15, 0.2) is 0 Å². The molecule has 0 radical (unpaired) electrons. The molecule has 2 heterocycles. The van der Waals surface area contributed by atoms with Crippen LogP contribution in [0, 0.1) is 5.82 Å². The van der Waals surface area contributed by atoms with Crippen molar-refractivity contribution in [1.82, 2.24) is 10.4 Å². The van der Waals surface area contributed by atoms with Crippen LogP contribution in [-0.2, 0) is 17.7 Å². The lowest BCUT2D eigenvalue weighted by Gasteiger charge is -2.33. The molecule has 22 heavy (non-hydrogen) atoms. The number of hydroxylamine groups is 1. The number of nitrogens with one attached hydrogen (secondary N) is 1. The summed E-state index contributed by atoms with van der Waals surface area (Å²) in [5, 5.41) is 8.66. The third kappa shape index (κ3) is 3.29. The second-order valence-corrected chi connectivity index (χ2v) is 6.01. The summed E-state index contributed by atoms with van der Waals surface area (Å²) in [6.07, 6.45) is 4.34. The van der Waals surface area contributed by atoms with E-state index in [1.54, 1.807) is 11.5 Å². The molecular formula is C16H21FN2O3. The van der Waals surface area contributed by atoms with Crippen molar-refractivity contribution in [3.05, 3.63) is 34.6 Å². The van der Waals surface area contributed by atoms with Gasteiger partial charge in [-0.2, -0.15) is 0 Å². The van der Waals surface area contributed by atoms with Crippen LogP contribution in [-0.4, -0.2) is 41.8 Å². The molecule has 1 saturated heterocycles. The number of amides is 1. The van der Waals surface area contributed by atoms with E-state index in [9.17, 15) is 9.18 Å². The molecule has 1 unspecified atom stereocenters. The highest BCUT2D eigenvalue weighted by atomic mass is 19.1. The van der Waals surface area contributed by atoms with E-state index in [1.807, 2.05) is 0 Å². The lowest BCUT2D eigenvalue weighted by molar-refractivity contribution is -0.00822. The Morgan fingerprint density at radius 3 is 3.05 bits per heavy atom. The van der Waals surface area contributed by atoms with Gasteiger partial charge in [-0.25, -0.2) is 9.87 Å². The molecule has 1 amide bonds. The summed E-state index contributed by atoms with van der Waals surface area (Å²) in [4.78, 5) is 13.6. The molecule has 0 bridgehead atoms. The van der Waals surface area contributed by atoms with Crippen LogP contribution in [0.25, 0.3) is 0 Å². The van der Waals surface area contributed by atoms with Crippen molar-refractivity contribution >= 4 is 5.91 Å². The lowest BCUT2D eigenvalue weighted by atomic mass is 9.95. The Morgan fingerprint density at radius 1 is 1.45 bits per heavy atom. The highest BCUT2D eigenvalue weighted by Crippen LogP contribution is 2.25. The Hall–Kier alpha value is -1.50. The van der Waals surface area contributed by atoms with E-state index in [0.29, 0.717) is 18.5 Å². The molecule has 1 atom stereocenters. The maximum absolute atomic E-state index is 14.3. The summed E-state index contributed by atoms with van der Waals surface area (Å²) in [7, 11) is 0. The van der Waals surface area contributed by atoms with E-state index in [0.717, 1.165) is 38.1 Å². The molecule has 0 spiro atoms. The second-order valence-electron chi connectivity index (χ2n) is 6.01. The zero-order valence-corrected chi connectivity index (χ0v) is 12.5. The Bertz CT molecular complexity index is 559. The zero-order valence-electron chi connectivity index (χ0n) is 12.5. The van der Waals surface area contributed by atoms with Gasteiger partial charge in [0.25, 0.3) is 5.91 Å². The van der Waals surface area contributed by atoms with E-state index < -0.39 is 5.91 Å². The summed E-state index contributed by atoms with van der Waals surface area (Å²) in [6, 6.07) is 2.85. The number of fused-ring (bicyclic) bond motifs is 1. The van der Waals surface area contributed by atoms with E-state index in [1.165, 1.54) is 12.5 Å². The normalized spacial score (nSPS) is 22.2. The van der Waals surface area contributed by atoms with Gasteiger partial charge >= 0.3 is 0 Å². The van der Waals surface area contributed by atoms with Crippen LogP contribution in [0.15, 0.2) is 12.1 Å². The maximum atomic E-state index is 14.3. The third-order valence-electron chi connectivity index (χ3n) is 4.47. The lowest BCUT2D eigenvalue weighted by Crippen LogP contribution is -2.39. The molecule has 0 aromatic heterocycles. The summed E-state index contributed by atoms with van der Waals surface area (Å²) in [6.45, 7) is 3.03. The van der Waals surface area contributed by atoms with E-state index in [-0.39, 0.29) is 17.5 Å². The average molecular weight is 308 g/mol. The largest absolute Gasteiger partial charge is 0.377 e. The first-order chi connectivity index (χ1) is 10.7. The zero-order chi connectivity index (χ0) is 15.5. The van der Waals surface area contributed by atoms with Gasteiger partial charge in [-0.05, 0) is 43.4 Å². The van der Waals surface area contributed by atoms with Crippen LogP contribution in [0.2, 0.25) is 0 Å². The fourth-order valence-corrected chi connectivity index (χ4v) is 3.27. The molecular weight excluding hydrogens is 287 g/mol. The minimum atomic E-state index is -0.681. The highest BCUT2D eigenvalue weighted by Gasteiger charge is 2.24. The van der Waals surface area contributed by atoms with Crippen molar-refractivity contribution in [2.24, 2.45) is 0 Å². The molecule has 1 aromatic carbocycles. The monoisotopic (exact) mass is 308 g/mol. The van der Waals surface area contributed by atoms with E-state index in [4.69, 9.17) is 9.94 Å². The number of halogens is 1. The number of hydrogen-bond donors (Lipinski definition) is 2. The number of carbonyl (C=O) groups excluding carboxylic acids is 1. The molecule has 6 heteroatoms. The first kappa shape index (κ1) is 15.4. The Morgan fingerprint density at radius 2 is 2.32 bits per heavy atom. The minimum Gasteiger partial charge on any atom is -0.377 e. The maximum Gasteiger partial charge on any atom is 0.274 e. The standard InChI is InChI=1S/C16H21FN2O3/c17-15-8-12(16(20)18-21)7-11-4-5-19(10-14(11)15)9-13-3-1-2-6-22-13/h7-8,13,21H,1-6,9-10H2,(H,18,20). The van der Waals surface area contributed by atoms with Crippen molar-refractivity contribution < 1.29 is 19.1 Å². The van der Waals surface area contributed by atoms with Crippen molar-refractivity contribution in [1.29, 1.82) is 0 Å². The minimum absolute atomic E-state index is 0.155. The van der Waals surface area contributed by atoms with Gasteiger partial charge in [0.1, 0.15) is 5.82 Å². The Kier molecular flexibility index (Phi) is 4.71. The number of rotatable bonds is 3. The molecule has 2 aliphatic rings. The van der Waals surface area contributed by atoms with Crippen molar-refractivity contribution in [3.63, 3.8) is 0 Å². The molecule has 1 aromatic rings.